The molecule has 0 saturated carbocycles. The highest BCUT2D eigenvalue weighted by Gasteiger charge is 2.40. The van der Waals surface area contributed by atoms with E-state index >= 15 is 0 Å². The Morgan fingerprint density at radius 2 is 1.95 bits per heavy atom. The molecule has 2 amide bonds. The minimum absolute atomic E-state index is 0.181. The third-order valence-corrected chi connectivity index (χ3v) is 4.48. The van der Waals surface area contributed by atoms with E-state index < -0.39 is 5.25 Å². The van der Waals surface area contributed by atoms with Gasteiger partial charge in [-0.05, 0) is 18.2 Å². The van der Waals surface area contributed by atoms with Gasteiger partial charge in [0.1, 0.15) is 0 Å². The van der Waals surface area contributed by atoms with Gasteiger partial charge < -0.3 is 5.73 Å². The van der Waals surface area contributed by atoms with Crippen molar-refractivity contribution in [3.05, 3.63) is 48.8 Å². The molecule has 3 rings (SSSR count). The molecule has 21 heavy (non-hydrogen) atoms. The van der Waals surface area contributed by atoms with Gasteiger partial charge in [0.2, 0.25) is 11.8 Å². The third kappa shape index (κ3) is 2.62. The molecule has 2 heterocycles. The average Bonchev–Trinajstić information content (AvgIpc) is 2.77. The van der Waals surface area contributed by atoms with E-state index in [1.54, 1.807) is 42.7 Å². The summed E-state index contributed by atoms with van der Waals surface area (Å²) in [7, 11) is 0. The first-order valence-corrected chi connectivity index (χ1v) is 7.33. The zero-order valence-electron chi connectivity index (χ0n) is 11.1. The second-order valence-corrected chi connectivity index (χ2v) is 5.87. The molecule has 1 aromatic heterocycles. The van der Waals surface area contributed by atoms with Crippen LogP contribution < -0.4 is 10.6 Å². The second kappa shape index (κ2) is 5.57. The Bertz CT molecular complexity index is 690. The number of aromatic nitrogens is 1. The Labute approximate surface area is 126 Å². The van der Waals surface area contributed by atoms with Crippen molar-refractivity contribution in [3.63, 3.8) is 0 Å². The zero-order chi connectivity index (χ0) is 14.8. The predicted octanol–water partition coefficient (Wildman–Crippen LogP) is 2.09. The molecule has 0 bridgehead atoms. The molecular weight excluding hydrogens is 286 g/mol. The lowest BCUT2D eigenvalue weighted by Crippen LogP contribution is -2.31. The van der Waals surface area contributed by atoms with E-state index in [9.17, 15) is 9.59 Å². The number of carbonyl (C=O) groups excluding carboxylic acids is 2. The highest BCUT2D eigenvalue weighted by atomic mass is 32.2. The van der Waals surface area contributed by atoms with E-state index in [1.165, 1.54) is 16.7 Å². The molecule has 106 valence electrons. The smallest absolute Gasteiger partial charge is 0.247 e. The van der Waals surface area contributed by atoms with Crippen LogP contribution in [0.15, 0.2) is 53.7 Å². The fourth-order valence-electron chi connectivity index (χ4n) is 2.20. The predicted molar refractivity (Wildman–Crippen MR) is 81.8 cm³/mol. The van der Waals surface area contributed by atoms with Gasteiger partial charge in [-0.1, -0.05) is 18.2 Å². The van der Waals surface area contributed by atoms with Crippen molar-refractivity contribution in [2.24, 2.45) is 0 Å². The molecule has 6 heteroatoms. The Kier molecular flexibility index (Phi) is 3.62. The number of anilines is 2. The van der Waals surface area contributed by atoms with Gasteiger partial charge in [0.25, 0.3) is 0 Å². The number of rotatable bonds is 3. The van der Waals surface area contributed by atoms with Crippen LogP contribution in [-0.2, 0) is 9.59 Å². The lowest BCUT2D eigenvalue weighted by atomic mass is 10.3. The van der Waals surface area contributed by atoms with Crippen LogP contribution in [-0.4, -0.2) is 22.0 Å². The summed E-state index contributed by atoms with van der Waals surface area (Å²) in [6, 6.07) is 10.7. The van der Waals surface area contributed by atoms with Crippen molar-refractivity contribution in [2.75, 3.05) is 10.6 Å². The quantitative estimate of drug-likeness (QED) is 0.878. The van der Waals surface area contributed by atoms with Crippen LogP contribution in [0.25, 0.3) is 0 Å². The van der Waals surface area contributed by atoms with Gasteiger partial charge in [0.15, 0.2) is 0 Å². The molecular formula is C15H13N3O2S. The topological polar surface area (TPSA) is 76.3 Å². The number of nitrogen functional groups attached to an aromatic ring is 1. The van der Waals surface area contributed by atoms with E-state index in [1.807, 2.05) is 6.07 Å². The Balaban J connectivity index is 1.83. The van der Waals surface area contributed by atoms with Crippen LogP contribution in [0, 0.1) is 0 Å². The summed E-state index contributed by atoms with van der Waals surface area (Å²) in [5, 5.41) is -0.442. The largest absolute Gasteiger partial charge is 0.397 e. The van der Waals surface area contributed by atoms with Gasteiger partial charge in [-0.15, -0.1) is 11.8 Å². The summed E-state index contributed by atoms with van der Waals surface area (Å²) in [6.45, 7) is 0. The molecule has 1 saturated heterocycles. The van der Waals surface area contributed by atoms with Crippen molar-refractivity contribution in [2.45, 2.75) is 16.6 Å². The van der Waals surface area contributed by atoms with Gasteiger partial charge in [-0.25, -0.2) is 4.90 Å². The van der Waals surface area contributed by atoms with E-state index in [0.717, 1.165) is 4.90 Å². The number of hydrogen-bond acceptors (Lipinski definition) is 5. The van der Waals surface area contributed by atoms with Crippen LogP contribution in [0.5, 0.6) is 0 Å². The number of carbonyl (C=O) groups is 2. The van der Waals surface area contributed by atoms with Crippen molar-refractivity contribution >= 4 is 35.0 Å². The van der Waals surface area contributed by atoms with Crippen molar-refractivity contribution in [3.8, 4) is 0 Å². The highest BCUT2D eigenvalue weighted by Crippen LogP contribution is 2.35. The number of imide groups is 1. The summed E-state index contributed by atoms with van der Waals surface area (Å²) in [6.07, 6.45) is 3.34. The van der Waals surface area contributed by atoms with Crippen LogP contribution >= 0.6 is 11.8 Å². The molecule has 1 atom stereocenters. The lowest BCUT2D eigenvalue weighted by molar-refractivity contribution is -0.121. The molecule has 0 spiro atoms. The molecule has 1 unspecified atom stereocenters. The highest BCUT2D eigenvalue weighted by molar-refractivity contribution is 8.00. The van der Waals surface area contributed by atoms with Crippen LogP contribution in [0.2, 0.25) is 0 Å². The summed E-state index contributed by atoms with van der Waals surface area (Å²) < 4.78 is 0. The molecule has 1 aliphatic rings. The number of pyridine rings is 1. The minimum Gasteiger partial charge on any atom is -0.397 e. The first kappa shape index (κ1) is 13.6. The van der Waals surface area contributed by atoms with E-state index in [2.05, 4.69) is 4.98 Å². The fourth-order valence-corrected chi connectivity index (χ4v) is 3.27. The van der Waals surface area contributed by atoms with Gasteiger partial charge in [-0.2, -0.15) is 0 Å². The van der Waals surface area contributed by atoms with Crippen LogP contribution in [0.4, 0.5) is 11.4 Å². The van der Waals surface area contributed by atoms with Crippen molar-refractivity contribution in [1.29, 1.82) is 0 Å². The minimum atomic E-state index is -0.442. The maximum Gasteiger partial charge on any atom is 0.247 e. The maximum absolute atomic E-state index is 12.5. The summed E-state index contributed by atoms with van der Waals surface area (Å²) in [5.74, 6) is -0.385. The number of para-hydroxylation sites is 1. The summed E-state index contributed by atoms with van der Waals surface area (Å²) in [5.41, 5.74) is 6.96. The van der Waals surface area contributed by atoms with E-state index in [4.69, 9.17) is 5.73 Å². The monoisotopic (exact) mass is 299 g/mol. The molecule has 1 aliphatic heterocycles. The van der Waals surface area contributed by atoms with E-state index in [-0.39, 0.29) is 18.2 Å². The molecule has 0 aliphatic carbocycles. The molecule has 1 fully saturated rings. The maximum atomic E-state index is 12.5. The third-order valence-electron chi connectivity index (χ3n) is 3.20. The molecule has 2 N–H and O–H groups in total. The number of benzene rings is 1. The normalized spacial score (nSPS) is 18.3. The molecule has 0 radical (unpaired) electrons. The number of thioether (sulfide) groups is 1. The SMILES string of the molecule is Nc1cnccc1SC1CC(=O)N(c2ccccc2)C1=O. The van der Waals surface area contributed by atoms with Gasteiger partial charge in [0, 0.05) is 17.5 Å². The Morgan fingerprint density at radius 3 is 2.67 bits per heavy atom. The van der Waals surface area contributed by atoms with Crippen molar-refractivity contribution in [1.82, 2.24) is 4.98 Å². The fraction of sp³-hybridized carbons (Fsp3) is 0.133. The number of amides is 2. The second-order valence-electron chi connectivity index (χ2n) is 4.63. The standard InChI is InChI=1S/C15H13N3O2S/c16-11-9-17-7-6-12(11)21-13-8-14(19)18(15(13)20)10-4-2-1-3-5-10/h1-7,9,13H,8,16H2. The molecule has 2 aromatic rings. The zero-order valence-corrected chi connectivity index (χ0v) is 11.9. The molecule has 5 nitrogen and oxygen atoms in total. The van der Waals surface area contributed by atoms with E-state index in [0.29, 0.717) is 11.4 Å². The summed E-state index contributed by atoms with van der Waals surface area (Å²) in [4.78, 5) is 30.5. The van der Waals surface area contributed by atoms with Crippen LogP contribution in [0.3, 0.4) is 0 Å². The summed E-state index contributed by atoms with van der Waals surface area (Å²) >= 11 is 1.31. The average molecular weight is 299 g/mol. The number of hydrogen-bond donors (Lipinski definition) is 1. The van der Waals surface area contributed by atoms with Crippen LogP contribution in [0.1, 0.15) is 6.42 Å². The molecule has 1 aromatic carbocycles. The van der Waals surface area contributed by atoms with Gasteiger partial charge in [0.05, 0.1) is 22.8 Å². The Morgan fingerprint density at radius 1 is 1.19 bits per heavy atom. The van der Waals surface area contributed by atoms with Crippen molar-refractivity contribution < 1.29 is 9.59 Å². The number of nitrogens with zero attached hydrogens (tertiary/aromatic N) is 2. The number of nitrogens with two attached hydrogens (primary N) is 1. The van der Waals surface area contributed by atoms with Gasteiger partial charge >= 0.3 is 0 Å². The Hall–Kier alpha value is -2.34. The first-order chi connectivity index (χ1) is 10.2. The lowest BCUT2D eigenvalue weighted by Gasteiger charge is -2.14. The van der Waals surface area contributed by atoms with Gasteiger partial charge in [-0.3, -0.25) is 14.6 Å². The first-order valence-electron chi connectivity index (χ1n) is 6.45.